The van der Waals surface area contributed by atoms with Crippen LogP contribution in [-0.2, 0) is 6.18 Å². The summed E-state index contributed by atoms with van der Waals surface area (Å²) in [7, 11) is 0. The quantitative estimate of drug-likeness (QED) is 0.508. The third kappa shape index (κ3) is 2.07. The average Bonchev–Trinajstić information content (AvgIpc) is 2.80. The summed E-state index contributed by atoms with van der Waals surface area (Å²) in [5.41, 5.74) is -0.430. The average molecular weight is 280 g/mol. The van der Waals surface area contributed by atoms with Gasteiger partial charge in [-0.3, -0.25) is 0 Å². The van der Waals surface area contributed by atoms with Crippen molar-refractivity contribution in [3.8, 4) is 11.6 Å². The first-order valence-electron chi connectivity index (χ1n) is 5.61. The van der Waals surface area contributed by atoms with Gasteiger partial charge in [-0.1, -0.05) is 0 Å². The summed E-state index contributed by atoms with van der Waals surface area (Å²) in [5, 5.41) is 11.6. The monoisotopic (exact) mass is 280 g/mol. The minimum absolute atomic E-state index is 0.0186. The standard InChI is InChI=1S/C13H7F3N2O2/c14-13(15,16)8-4-5-11-9(7-8)17-12(20-11)10-3-1-2-6-18(10)19/h1-7H. The molecule has 0 fully saturated rings. The maximum atomic E-state index is 12.6. The summed E-state index contributed by atoms with van der Waals surface area (Å²) in [6.45, 7) is 0. The van der Waals surface area contributed by atoms with E-state index in [4.69, 9.17) is 4.42 Å². The van der Waals surface area contributed by atoms with E-state index in [1.54, 1.807) is 6.07 Å². The van der Waals surface area contributed by atoms with Crippen LogP contribution in [0.25, 0.3) is 22.7 Å². The van der Waals surface area contributed by atoms with Crippen LogP contribution in [0, 0.1) is 5.21 Å². The Hall–Kier alpha value is -2.57. The molecule has 3 rings (SSSR count). The van der Waals surface area contributed by atoms with Crippen molar-refractivity contribution in [3.05, 3.63) is 53.4 Å². The molecule has 0 saturated heterocycles. The molecule has 0 spiro atoms. The summed E-state index contributed by atoms with van der Waals surface area (Å²) in [6, 6.07) is 7.60. The van der Waals surface area contributed by atoms with Crippen LogP contribution in [0.5, 0.6) is 0 Å². The fourth-order valence-electron chi connectivity index (χ4n) is 1.81. The molecule has 2 aromatic heterocycles. The van der Waals surface area contributed by atoms with Crippen molar-refractivity contribution in [2.75, 3.05) is 0 Å². The lowest BCUT2D eigenvalue weighted by molar-refractivity contribution is -0.594. The SMILES string of the molecule is [O-][n+]1ccccc1-c1nc2cc(C(F)(F)F)ccc2o1. The van der Waals surface area contributed by atoms with Gasteiger partial charge in [0, 0.05) is 12.1 Å². The van der Waals surface area contributed by atoms with Crippen LogP contribution in [-0.4, -0.2) is 4.98 Å². The number of hydrogen-bond acceptors (Lipinski definition) is 3. The first kappa shape index (κ1) is 12.5. The van der Waals surface area contributed by atoms with Crippen molar-refractivity contribution in [2.45, 2.75) is 6.18 Å². The highest BCUT2D eigenvalue weighted by Gasteiger charge is 2.31. The molecule has 0 aliphatic carbocycles. The first-order valence-corrected chi connectivity index (χ1v) is 5.61. The molecule has 0 aliphatic rings. The van der Waals surface area contributed by atoms with E-state index in [1.807, 2.05) is 0 Å². The molecular formula is C13H7F3N2O2. The summed E-state index contributed by atoms with van der Waals surface area (Å²) in [6.07, 6.45) is -3.19. The van der Waals surface area contributed by atoms with Crippen LogP contribution in [0.15, 0.2) is 47.0 Å². The Balaban J connectivity index is 2.14. The Morgan fingerprint density at radius 2 is 1.95 bits per heavy atom. The molecule has 0 radical (unpaired) electrons. The van der Waals surface area contributed by atoms with Gasteiger partial charge in [0.05, 0.1) is 5.56 Å². The van der Waals surface area contributed by atoms with Crippen LogP contribution in [0.2, 0.25) is 0 Å². The third-order valence-electron chi connectivity index (χ3n) is 2.76. The zero-order valence-corrected chi connectivity index (χ0v) is 9.89. The summed E-state index contributed by atoms with van der Waals surface area (Å²) < 4.78 is 43.6. The Bertz CT molecular complexity index is 781. The molecule has 0 atom stereocenters. The van der Waals surface area contributed by atoms with Gasteiger partial charge in [0.2, 0.25) is 0 Å². The molecule has 0 unspecified atom stereocenters. The van der Waals surface area contributed by atoms with Crippen molar-refractivity contribution in [2.24, 2.45) is 0 Å². The van der Waals surface area contributed by atoms with Gasteiger partial charge >= 0.3 is 6.18 Å². The number of oxazole rings is 1. The molecule has 7 heteroatoms. The number of alkyl halides is 3. The summed E-state index contributed by atoms with van der Waals surface area (Å²) in [5.74, 6) is -0.0186. The van der Waals surface area contributed by atoms with Crippen LogP contribution in [0.4, 0.5) is 13.2 Å². The van der Waals surface area contributed by atoms with Gasteiger partial charge in [0.15, 0.2) is 11.8 Å². The van der Waals surface area contributed by atoms with E-state index in [9.17, 15) is 18.4 Å². The fourth-order valence-corrected chi connectivity index (χ4v) is 1.81. The highest BCUT2D eigenvalue weighted by atomic mass is 19.4. The topological polar surface area (TPSA) is 53.0 Å². The molecule has 4 nitrogen and oxygen atoms in total. The predicted octanol–water partition coefficient (Wildman–Crippen LogP) is 3.15. The van der Waals surface area contributed by atoms with Gasteiger partial charge in [-0.15, -0.1) is 0 Å². The molecule has 3 aromatic rings. The van der Waals surface area contributed by atoms with Gasteiger partial charge in [0.1, 0.15) is 5.52 Å². The van der Waals surface area contributed by atoms with Gasteiger partial charge < -0.3 is 9.62 Å². The highest BCUT2D eigenvalue weighted by molar-refractivity contribution is 5.76. The second-order valence-corrected chi connectivity index (χ2v) is 4.11. The maximum absolute atomic E-state index is 12.6. The predicted molar refractivity (Wildman–Crippen MR) is 63.4 cm³/mol. The second-order valence-electron chi connectivity index (χ2n) is 4.11. The molecule has 2 heterocycles. The van der Waals surface area contributed by atoms with Crippen molar-refractivity contribution in [1.29, 1.82) is 0 Å². The molecule has 0 saturated carbocycles. The smallest absolute Gasteiger partial charge is 0.416 e. The second kappa shape index (κ2) is 4.22. The molecule has 0 amide bonds. The number of fused-ring (bicyclic) bond motifs is 1. The molecular weight excluding hydrogens is 273 g/mol. The number of rotatable bonds is 1. The normalized spacial score (nSPS) is 11.9. The maximum Gasteiger partial charge on any atom is 0.416 e. The lowest BCUT2D eigenvalue weighted by Gasteiger charge is -2.04. The summed E-state index contributed by atoms with van der Waals surface area (Å²) >= 11 is 0. The van der Waals surface area contributed by atoms with Gasteiger partial charge in [-0.25, -0.2) is 4.98 Å². The summed E-state index contributed by atoms with van der Waals surface area (Å²) in [4.78, 5) is 3.93. The number of halogens is 3. The Morgan fingerprint density at radius 3 is 2.65 bits per heavy atom. The molecule has 102 valence electrons. The van der Waals surface area contributed by atoms with E-state index in [-0.39, 0.29) is 22.7 Å². The number of benzene rings is 1. The first-order chi connectivity index (χ1) is 9.45. The largest absolute Gasteiger partial charge is 0.618 e. The van der Waals surface area contributed by atoms with Crippen LogP contribution < -0.4 is 4.73 Å². The van der Waals surface area contributed by atoms with Crippen molar-refractivity contribution in [3.63, 3.8) is 0 Å². The molecule has 0 aliphatic heterocycles. The van der Waals surface area contributed by atoms with E-state index in [0.717, 1.165) is 12.1 Å². The molecule has 1 aromatic carbocycles. The number of pyridine rings is 1. The fraction of sp³-hybridized carbons (Fsp3) is 0.0769. The highest BCUT2D eigenvalue weighted by Crippen LogP contribution is 2.32. The van der Waals surface area contributed by atoms with E-state index in [1.165, 1.54) is 24.4 Å². The van der Waals surface area contributed by atoms with Gasteiger partial charge in [-0.2, -0.15) is 17.9 Å². The number of hydrogen-bond donors (Lipinski definition) is 0. The lowest BCUT2D eigenvalue weighted by Crippen LogP contribution is -2.27. The van der Waals surface area contributed by atoms with E-state index >= 15 is 0 Å². The molecule has 0 N–H and O–H groups in total. The van der Waals surface area contributed by atoms with E-state index < -0.39 is 11.7 Å². The zero-order chi connectivity index (χ0) is 14.3. The van der Waals surface area contributed by atoms with Crippen molar-refractivity contribution < 1.29 is 22.3 Å². The molecule has 20 heavy (non-hydrogen) atoms. The van der Waals surface area contributed by atoms with Crippen molar-refractivity contribution >= 4 is 11.1 Å². The van der Waals surface area contributed by atoms with Gasteiger partial charge in [0.25, 0.3) is 11.6 Å². The third-order valence-corrected chi connectivity index (χ3v) is 2.76. The van der Waals surface area contributed by atoms with Crippen LogP contribution >= 0.6 is 0 Å². The lowest BCUT2D eigenvalue weighted by atomic mass is 10.2. The number of nitrogens with zero attached hydrogens (tertiary/aromatic N) is 2. The van der Waals surface area contributed by atoms with E-state index in [0.29, 0.717) is 4.73 Å². The van der Waals surface area contributed by atoms with Crippen LogP contribution in [0.1, 0.15) is 5.56 Å². The van der Waals surface area contributed by atoms with Crippen LogP contribution in [0.3, 0.4) is 0 Å². The van der Waals surface area contributed by atoms with E-state index in [2.05, 4.69) is 4.98 Å². The Kier molecular flexibility index (Phi) is 2.63. The molecule has 0 bridgehead atoms. The van der Waals surface area contributed by atoms with Gasteiger partial charge in [-0.05, 0) is 24.3 Å². The minimum Gasteiger partial charge on any atom is -0.618 e. The zero-order valence-electron chi connectivity index (χ0n) is 9.89. The Labute approximate surface area is 110 Å². The number of aromatic nitrogens is 2. The minimum atomic E-state index is -4.45. The Morgan fingerprint density at radius 1 is 1.15 bits per heavy atom. The van der Waals surface area contributed by atoms with Crippen molar-refractivity contribution in [1.82, 2.24) is 4.98 Å².